The maximum Gasteiger partial charge on any atom is 0.321 e. The number of rotatable bonds is 8. The molecule has 0 aliphatic rings. The van der Waals surface area contributed by atoms with Crippen molar-refractivity contribution < 1.29 is 23.1 Å². The number of aliphatic carboxylic acids is 1. The Hall–Kier alpha value is -2.71. The second kappa shape index (κ2) is 8.99. The zero-order valence-corrected chi connectivity index (χ0v) is 16.8. The first-order chi connectivity index (χ1) is 13.1. The van der Waals surface area contributed by atoms with Gasteiger partial charge >= 0.3 is 5.97 Å². The Morgan fingerprint density at radius 2 is 1.57 bits per heavy atom. The number of sulfonamides is 1. The molecule has 1 amide bonds. The highest BCUT2D eigenvalue weighted by Gasteiger charge is 2.26. The van der Waals surface area contributed by atoms with Crippen LogP contribution in [0.5, 0.6) is 0 Å². The van der Waals surface area contributed by atoms with E-state index in [0.29, 0.717) is 11.3 Å². The van der Waals surface area contributed by atoms with E-state index in [-0.39, 0.29) is 23.1 Å². The summed E-state index contributed by atoms with van der Waals surface area (Å²) in [6.07, 6.45) is 0.180. The van der Waals surface area contributed by atoms with E-state index in [1.165, 1.54) is 24.3 Å². The molecule has 0 aliphatic heterocycles. The average Bonchev–Trinajstić information content (AvgIpc) is 2.61. The summed E-state index contributed by atoms with van der Waals surface area (Å²) in [5, 5.41) is 11.9. The van der Waals surface area contributed by atoms with E-state index < -0.39 is 22.0 Å². The van der Waals surface area contributed by atoms with Gasteiger partial charge in [-0.3, -0.25) is 9.59 Å². The fraction of sp³-hybridized carbons (Fsp3) is 0.300. The first-order valence-corrected chi connectivity index (χ1v) is 10.3. The monoisotopic (exact) mass is 404 g/mol. The third-order valence-electron chi connectivity index (χ3n) is 4.04. The Balaban J connectivity index is 2.10. The second-order valence-corrected chi connectivity index (χ2v) is 8.70. The van der Waals surface area contributed by atoms with Crippen LogP contribution in [-0.4, -0.2) is 31.4 Å². The maximum atomic E-state index is 12.5. The van der Waals surface area contributed by atoms with Crippen molar-refractivity contribution in [2.45, 2.75) is 38.1 Å². The van der Waals surface area contributed by atoms with Crippen molar-refractivity contribution >= 4 is 27.6 Å². The van der Waals surface area contributed by atoms with Crippen LogP contribution in [-0.2, 0) is 14.8 Å². The molecule has 0 saturated carbocycles. The fourth-order valence-electron chi connectivity index (χ4n) is 2.55. The Bertz CT molecular complexity index is 936. The van der Waals surface area contributed by atoms with Crippen LogP contribution < -0.4 is 10.0 Å². The topological polar surface area (TPSA) is 113 Å². The lowest BCUT2D eigenvalue weighted by atomic mass is 10.1. The molecule has 0 saturated heterocycles. The van der Waals surface area contributed by atoms with Crippen LogP contribution >= 0.6 is 0 Å². The molecule has 0 aliphatic carbocycles. The van der Waals surface area contributed by atoms with Crippen molar-refractivity contribution in [3.05, 3.63) is 59.7 Å². The van der Waals surface area contributed by atoms with Crippen LogP contribution in [0.4, 0.5) is 5.69 Å². The van der Waals surface area contributed by atoms with Crippen molar-refractivity contribution in [2.24, 2.45) is 5.92 Å². The lowest BCUT2D eigenvalue weighted by Gasteiger charge is -2.16. The van der Waals surface area contributed by atoms with Crippen LogP contribution in [0.25, 0.3) is 0 Å². The number of benzene rings is 2. The maximum absolute atomic E-state index is 12.5. The molecule has 1 unspecified atom stereocenters. The van der Waals surface area contributed by atoms with Gasteiger partial charge in [0.15, 0.2) is 0 Å². The van der Waals surface area contributed by atoms with Gasteiger partial charge in [0.25, 0.3) is 5.91 Å². The van der Waals surface area contributed by atoms with Crippen molar-refractivity contribution in [3.63, 3.8) is 0 Å². The Kier molecular flexibility index (Phi) is 6.93. The number of hydrogen-bond acceptors (Lipinski definition) is 4. The molecule has 1 atom stereocenters. The summed E-state index contributed by atoms with van der Waals surface area (Å²) in [5.74, 6) is -1.51. The molecule has 2 rings (SSSR count). The van der Waals surface area contributed by atoms with Gasteiger partial charge in [0.1, 0.15) is 6.04 Å². The Morgan fingerprint density at radius 1 is 1.00 bits per heavy atom. The molecule has 0 spiro atoms. The predicted octanol–water partition coefficient (Wildman–Crippen LogP) is 3.02. The van der Waals surface area contributed by atoms with Crippen LogP contribution in [0, 0.1) is 12.8 Å². The van der Waals surface area contributed by atoms with Crippen molar-refractivity contribution in [1.29, 1.82) is 0 Å². The van der Waals surface area contributed by atoms with E-state index in [1.807, 2.05) is 32.9 Å². The molecular weight excluding hydrogens is 380 g/mol. The van der Waals surface area contributed by atoms with Gasteiger partial charge < -0.3 is 10.4 Å². The van der Waals surface area contributed by atoms with Gasteiger partial charge in [0, 0.05) is 11.3 Å². The summed E-state index contributed by atoms with van der Waals surface area (Å²) in [6, 6.07) is 11.4. The summed E-state index contributed by atoms with van der Waals surface area (Å²) in [7, 11) is -4.00. The lowest BCUT2D eigenvalue weighted by molar-refractivity contribution is -0.139. The van der Waals surface area contributed by atoms with Crippen LogP contribution in [0.3, 0.4) is 0 Å². The van der Waals surface area contributed by atoms with Crippen LogP contribution in [0.15, 0.2) is 53.4 Å². The highest BCUT2D eigenvalue weighted by molar-refractivity contribution is 7.89. The summed E-state index contributed by atoms with van der Waals surface area (Å²) < 4.78 is 27.1. The first-order valence-electron chi connectivity index (χ1n) is 8.81. The standard InChI is InChI=1S/C20H24N2O5S/c1-13(2)12-18(20(24)25)22-28(26,27)17-10-8-16(9-11-17)21-19(23)15-6-4-14(3)5-7-15/h4-11,13,18,22H,12H2,1-3H3,(H,21,23)(H,24,25). The number of carboxylic acids is 1. The number of carboxylic acid groups (broad SMARTS) is 1. The Labute approximate surface area is 164 Å². The predicted molar refractivity (Wildman–Crippen MR) is 107 cm³/mol. The molecular formula is C20H24N2O5S. The molecule has 2 aromatic rings. The number of amides is 1. The molecule has 0 fully saturated rings. The molecule has 7 nitrogen and oxygen atoms in total. The fourth-order valence-corrected chi connectivity index (χ4v) is 3.75. The smallest absolute Gasteiger partial charge is 0.321 e. The van der Waals surface area contributed by atoms with Crippen LogP contribution in [0.2, 0.25) is 0 Å². The van der Waals surface area contributed by atoms with Gasteiger partial charge in [-0.1, -0.05) is 31.5 Å². The van der Waals surface area contributed by atoms with Gasteiger partial charge in [-0.15, -0.1) is 0 Å². The quantitative estimate of drug-likeness (QED) is 0.626. The average molecular weight is 404 g/mol. The zero-order chi connectivity index (χ0) is 20.9. The summed E-state index contributed by atoms with van der Waals surface area (Å²) in [4.78, 5) is 23.5. The van der Waals surface area contributed by atoms with Gasteiger partial charge in [-0.25, -0.2) is 8.42 Å². The SMILES string of the molecule is Cc1ccc(C(=O)Nc2ccc(S(=O)(=O)NC(CC(C)C)C(=O)O)cc2)cc1. The normalized spacial score (nSPS) is 12.6. The first kappa shape index (κ1) is 21.6. The third-order valence-corrected chi connectivity index (χ3v) is 5.53. The highest BCUT2D eigenvalue weighted by Crippen LogP contribution is 2.17. The molecule has 28 heavy (non-hydrogen) atoms. The number of hydrogen-bond donors (Lipinski definition) is 3. The van der Waals surface area contributed by atoms with Crippen molar-refractivity contribution in [1.82, 2.24) is 4.72 Å². The minimum Gasteiger partial charge on any atom is -0.480 e. The number of carbonyl (C=O) groups is 2. The minimum absolute atomic E-state index is 0.0168. The molecule has 0 radical (unpaired) electrons. The summed E-state index contributed by atoms with van der Waals surface area (Å²) >= 11 is 0. The molecule has 0 aromatic heterocycles. The number of anilines is 1. The molecule has 0 heterocycles. The summed E-state index contributed by atoms with van der Waals surface area (Å²) in [6.45, 7) is 5.55. The van der Waals surface area contributed by atoms with Gasteiger partial charge in [0.05, 0.1) is 4.90 Å². The van der Waals surface area contributed by atoms with E-state index in [9.17, 15) is 23.1 Å². The largest absolute Gasteiger partial charge is 0.480 e. The molecule has 150 valence electrons. The molecule has 0 bridgehead atoms. The minimum atomic E-state index is -4.00. The Morgan fingerprint density at radius 3 is 2.07 bits per heavy atom. The van der Waals surface area contributed by atoms with Crippen molar-refractivity contribution in [2.75, 3.05) is 5.32 Å². The zero-order valence-electron chi connectivity index (χ0n) is 16.0. The van der Waals surface area contributed by atoms with E-state index in [2.05, 4.69) is 10.0 Å². The molecule has 8 heteroatoms. The van der Waals surface area contributed by atoms with Gasteiger partial charge in [0.2, 0.25) is 10.0 Å². The number of carbonyl (C=O) groups excluding carboxylic acids is 1. The highest BCUT2D eigenvalue weighted by atomic mass is 32.2. The van der Waals surface area contributed by atoms with Gasteiger partial charge in [-0.05, 0) is 55.7 Å². The molecule has 2 aromatic carbocycles. The second-order valence-electron chi connectivity index (χ2n) is 6.99. The van der Waals surface area contributed by atoms with Crippen molar-refractivity contribution in [3.8, 4) is 0 Å². The third kappa shape index (κ3) is 5.90. The molecule has 3 N–H and O–H groups in total. The van der Waals surface area contributed by atoms with E-state index in [0.717, 1.165) is 5.56 Å². The van der Waals surface area contributed by atoms with Gasteiger partial charge in [-0.2, -0.15) is 4.72 Å². The number of nitrogens with one attached hydrogen (secondary N) is 2. The van der Waals surface area contributed by atoms with Crippen LogP contribution in [0.1, 0.15) is 36.2 Å². The summed E-state index contributed by atoms with van der Waals surface area (Å²) in [5.41, 5.74) is 1.96. The number of aryl methyl sites for hydroxylation is 1. The van der Waals surface area contributed by atoms with E-state index in [1.54, 1.807) is 12.1 Å². The van der Waals surface area contributed by atoms with E-state index >= 15 is 0 Å². The van der Waals surface area contributed by atoms with E-state index in [4.69, 9.17) is 0 Å². The lowest BCUT2D eigenvalue weighted by Crippen LogP contribution is -2.41.